The third kappa shape index (κ3) is 4.28. The quantitative estimate of drug-likeness (QED) is 0.887. The van der Waals surface area contributed by atoms with Gasteiger partial charge < -0.3 is 15.3 Å². The van der Waals surface area contributed by atoms with E-state index in [0.29, 0.717) is 13.0 Å². The molecule has 2 rings (SSSR count). The topological polar surface area (TPSA) is 69.6 Å². The summed E-state index contributed by atoms with van der Waals surface area (Å²) in [5.74, 6) is -0.858. The second-order valence-corrected chi connectivity index (χ2v) is 7.31. The van der Waals surface area contributed by atoms with Gasteiger partial charge in [0.05, 0.1) is 12.0 Å². The molecule has 1 fully saturated rings. The molecule has 2 amide bonds. The Morgan fingerprint density at radius 3 is 2.50 bits per heavy atom. The molecule has 1 aliphatic rings. The van der Waals surface area contributed by atoms with Crippen molar-refractivity contribution < 1.29 is 14.7 Å². The molecule has 3 atom stereocenters. The van der Waals surface area contributed by atoms with Gasteiger partial charge in [0, 0.05) is 13.1 Å². The summed E-state index contributed by atoms with van der Waals surface area (Å²) in [5.41, 5.74) is 2.26. The molecule has 0 bridgehead atoms. The van der Waals surface area contributed by atoms with Crippen LogP contribution in [0.4, 0.5) is 4.79 Å². The first-order valence-corrected chi connectivity index (χ1v) is 8.63. The highest BCUT2D eigenvalue weighted by molar-refractivity contribution is 5.77. The Labute approximate surface area is 144 Å². The average Bonchev–Trinajstić information content (AvgIpc) is 2.52. The molecule has 1 aromatic carbocycles. The number of hydrogen-bond donors (Lipinski definition) is 2. The second-order valence-electron chi connectivity index (χ2n) is 7.31. The molecular weight excluding hydrogens is 304 g/mol. The third-order valence-corrected chi connectivity index (χ3v) is 4.77. The fourth-order valence-electron chi connectivity index (χ4n) is 3.46. The Bertz CT molecular complexity index is 600. The fraction of sp³-hybridized carbons (Fsp3) is 0.579. The van der Waals surface area contributed by atoms with E-state index in [4.69, 9.17) is 0 Å². The van der Waals surface area contributed by atoms with Crippen LogP contribution in [0, 0.1) is 24.7 Å². The first-order valence-electron chi connectivity index (χ1n) is 8.63. The number of carbonyl (C=O) groups is 2. The summed E-state index contributed by atoms with van der Waals surface area (Å²) in [6, 6.07) is 7.79. The molecule has 24 heavy (non-hydrogen) atoms. The lowest BCUT2D eigenvalue weighted by Gasteiger charge is -2.36. The zero-order valence-electron chi connectivity index (χ0n) is 15.0. The lowest BCUT2D eigenvalue weighted by atomic mass is 9.90. The number of benzene rings is 1. The van der Waals surface area contributed by atoms with E-state index in [-0.39, 0.29) is 30.5 Å². The maximum absolute atomic E-state index is 12.7. The average molecular weight is 332 g/mol. The van der Waals surface area contributed by atoms with E-state index in [9.17, 15) is 14.7 Å². The minimum absolute atomic E-state index is 0.0841. The standard InChI is InChI=1S/C19H28N2O3/c1-12(2)17(16-8-6-5-7-14(16)4)20-19(24)21-10-13(3)9-15(11-21)18(22)23/h5-8,12-13,15,17H,9-11H2,1-4H3,(H,20,24)(H,22,23). The van der Waals surface area contributed by atoms with Gasteiger partial charge in [0.15, 0.2) is 0 Å². The van der Waals surface area contributed by atoms with Crippen molar-refractivity contribution in [2.75, 3.05) is 13.1 Å². The summed E-state index contributed by atoms with van der Waals surface area (Å²) >= 11 is 0. The van der Waals surface area contributed by atoms with E-state index in [1.54, 1.807) is 4.90 Å². The lowest BCUT2D eigenvalue weighted by Crippen LogP contribution is -2.50. The first kappa shape index (κ1) is 18.3. The second kappa shape index (κ2) is 7.69. The number of nitrogens with one attached hydrogen (secondary N) is 1. The van der Waals surface area contributed by atoms with Crippen LogP contribution in [0.25, 0.3) is 0 Å². The van der Waals surface area contributed by atoms with Gasteiger partial charge in [-0.15, -0.1) is 0 Å². The van der Waals surface area contributed by atoms with E-state index < -0.39 is 11.9 Å². The molecule has 1 saturated heterocycles. The monoisotopic (exact) mass is 332 g/mol. The van der Waals surface area contributed by atoms with Gasteiger partial charge in [0.1, 0.15) is 0 Å². The SMILES string of the molecule is Cc1ccccc1C(NC(=O)N1CC(C)CC(C(=O)O)C1)C(C)C. The molecule has 2 N–H and O–H groups in total. The van der Waals surface area contributed by atoms with Crippen molar-refractivity contribution >= 4 is 12.0 Å². The van der Waals surface area contributed by atoms with Crippen molar-refractivity contribution in [3.63, 3.8) is 0 Å². The molecule has 1 aliphatic heterocycles. The summed E-state index contributed by atoms with van der Waals surface area (Å²) in [7, 11) is 0. The van der Waals surface area contributed by atoms with Gasteiger partial charge in [0.2, 0.25) is 0 Å². The van der Waals surface area contributed by atoms with Crippen LogP contribution in [-0.2, 0) is 4.79 Å². The van der Waals surface area contributed by atoms with Crippen LogP contribution in [0.2, 0.25) is 0 Å². The minimum atomic E-state index is -0.821. The third-order valence-electron chi connectivity index (χ3n) is 4.77. The predicted molar refractivity (Wildman–Crippen MR) is 93.8 cm³/mol. The highest BCUT2D eigenvalue weighted by atomic mass is 16.4. The van der Waals surface area contributed by atoms with Crippen LogP contribution < -0.4 is 5.32 Å². The van der Waals surface area contributed by atoms with Crippen LogP contribution in [0.3, 0.4) is 0 Å². The van der Waals surface area contributed by atoms with Gasteiger partial charge in [-0.2, -0.15) is 0 Å². The van der Waals surface area contributed by atoms with Crippen molar-refractivity contribution in [1.82, 2.24) is 10.2 Å². The maximum Gasteiger partial charge on any atom is 0.317 e. The molecule has 1 aromatic rings. The number of amides is 2. The molecule has 3 unspecified atom stereocenters. The van der Waals surface area contributed by atoms with Crippen molar-refractivity contribution in [3.05, 3.63) is 35.4 Å². The Morgan fingerprint density at radius 1 is 1.25 bits per heavy atom. The summed E-state index contributed by atoms with van der Waals surface area (Å²) in [6.45, 7) is 9.09. The molecule has 1 heterocycles. The number of piperidine rings is 1. The number of aryl methyl sites for hydroxylation is 1. The summed E-state index contributed by atoms with van der Waals surface area (Å²) in [5, 5.41) is 12.4. The van der Waals surface area contributed by atoms with Crippen molar-refractivity contribution in [2.45, 2.75) is 40.2 Å². The molecular formula is C19H28N2O3. The van der Waals surface area contributed by atoms with E-state index in [0.717, 1.165) is 11.1 Å². The lowest BCUT2D eigenvalue weighted by molar-refractivity contribution is -0.143. The van der Waals surface area contributed by atoms with Gasteiger partial charge >= 0.3 is 12.0 Å². The van der Waals surface area contributed by atoms with E-state index in [2.05, 4.69) is 19.2 Å². The van der Waals surface area contributed by atoms with Gasteiger partial charge in [-0.05, 0) is 36.3 Å². The Balaban J connectivity index is 2.13. The highest BCUT2D eigenvalue weighted by Crippen LogP contribution is 2.26. The highest BCUT2D eigenvalue weighted by Gasteiger charge is 2.33. The van der Waals surface area contributed by atoms with E-state index in [1.165, 1.54) is 0 Å². The van der Waals surface area contributed by atoms with Crippen LogP contribution in [0.1, 0.15) is 44.4 Å². The Kier molecular flexibility index (Phi) is 5.86. The van der Waals surface area contributed by atoms with Gasteiger partial charge in [-0.3, -0.25) is 4.79 Å². The maximum atomic E-state index is 12.7. The van der Waals surface area contributed by atoms with Gasteiger partial charge in [0.25, 0.3) is 0 Å². The molecule has 0 aliphatic carbocycles. The summed E-state index contributed by atoms with van der Waals surface area (Å²) < 4.78 is 0. The number of aliphatic carboxylic acids is 1. The molecule has 0 aromatic heterocycles. The molecule has 0 saturated carbocycles. The normalized spacial score (nSPS) is 22.3. The predicted octanol–water partition coefficient (Wildman–Crippen LogP) is 3.44. The zero-order chi connectivity index (χ0) is 17.9. The van der Waals surface area contributed by atoms with E-state index >= 15 is 0 Å². The summed E-state index contributed by atoms with van der Waals surface area (Å²) in [6.07, 6.45) is 0.629. The molecule has 132 valence electrons. The number of carboxylic acid groups (broad SMARTS) is 1. The summed E-state index contributed by atoms with van der Waals surface area (Å²) in [4.78, 5) is 25.7. The first-order chi connectivity index (χ1) is 11.3. The fourth-order valence-corrected chi connectivity index (χ4v) is 3.46. The van der Waals surface area contributed by atoms with Crippen LogP contribution in [0.15, 0.2) is 24.3 Å². The number of nitrogens with zero attached hydrogens (tertiary/aromatic N) is 1. The van der Waals surface area contributed by atoms with Gasteiger partial charge in [-0.1, -0.05) is 45.0 Å². The van der Waals surface area contributed by atoms with Gasteiger partial charge in [-0.25, -0.2) is 4.79 Å². The Morgan fingerprint density at radius 2 is 1.92 bits per heavy atom. The molecule has 0 spiro atoms. The number of hydrogen-bond acceptors (Lipinski definition) is 2. The van der Waals surface area contributed by atoms with E-state index in [1.807, 2.05) is 38.1 Å². The smallest absolute Gasteiger partial charge is 0.317 e. The van der Waals surface area contributed by atoms with Crippen molar-refractivity contribution in [1.29, 1.82) is 0 Å². The van der Waals surface area contributed by atoms with Crippen molar-refractivity contribution in [2.24, 2.45) is 17.8 Å². The number of carbonyl (C=O) groups excluding carboxylic acids is 1. The zero-order valence-corrected chi connectivity index (χ0v) is 15.0. The number of urea groups is 1. The number of rotatable bonds is 4. The van der Waals surface area contributed by atoms with Crippen LogP contribution >= 0.6 is 0 Å². The van der Waals surface area contributed by atoms with Crippen LogP contribution in [-0.4, -0.2) is 35.1 Å². The van der Waals surface area contributed by atoms with Crippen LogP contribution in [0.5, 0.6) is 0 Å². The molecule has 5 nitrogen and oxygen atoms in total. The largest absolute Gasteiger partial charge is 0.481 e. The minimum Gasteiger partial charge on any atom is -0.481 e. The Hall–Kier alpha value is -2.04. The number of likely N-dealkylation sites (tertiary alicyclic amines) is 1. The molecule has 0 radical (unpaired) electrons. The molecule has 5 heteroatoms. The number of carboxylic acids is 1. The van der Waals surface area contributed by atoms with Crippen molar-refractivity contribution in [3.8, 4) is 0 Å².